The van der Waals surface area contributed by atoms with Crippen molar-refractivity contribution in [2.75, 3.05) is 6.54 Å². The molecule has 0 bridgehead atoms. The first-order valence-corrected chi connectivity index (χ1v) is 9.24. The molecule has 1 saturated heterocycles. The number of imidazole rings is 1. The highest BCUT2D eigenvalue weighted by Crippen LogP contribution is 2.30. The fraction of sp³-hybridized carbons (Fsp3) is 0.474. The Morgan fingerprint density at radius 3 is 2.96 bits per heavy atom. The molecule has 1 aromatic carbocycles. The number of hydrogen-bond donors (Lipinski definition) is 1. The lowest BCUT2D eigenvalue weighted by Crippen LogP contribution is -2.35. The van der Waals surface area contributed by atoms with Crippen molar-refractivity contribution >= 4 is 16.9 Å². The molecule has 3 aromatic rings. The maximum atomic E-state index is 12.9. The summed E-state index contributed by atoms with van der Waals surface area (Å²) in [7, 11) is 0. The number of para-hydroxylation sites is 2. The number of aromatic nitrogens is 4. The molecule has 7 nitrogen and oxygen atoms in total. The highest BCUT2D eigenvalue weighted by atomic mass is 16.4. The smallest absolute Gasteiger partial charge is 0.238 e. The van der Waals surface area contributed by atoms with Crippen LogP contribution in [0.3, 0.4) is 0 Å². The van der Waals surface area contributed by atoms with E-state index < -0.39 is 0 Å². The number of aryl methyl sites for hydroxylation is 2. The topological polar surface area (TPSA) is 87.9 Å². The van der Waals surface area contributed by atoms with Crippen LogP contribution in [0.1, 0.15) is 55.8 Å². The van der Waals surface area contributed by atoms with Gasteiger partial charge in [-0.2, -0.15) is 0 Å². The lowest BCUT2D eigenvalue weighted by atomic mass is 10.1. The Morgan fingerprint density at radius 1 is 1.27 bits per heavy atom. The third kappa shape index (κ3) is 3.47. The van der Waals surface area contributed by atoms with Crippen molar-refractivity contribution in [2.45, 2.75) is 51.5 Å². The van der Waals surface area contributed by atoms with E-state index >= 15 is 0 Å². The molecule has 1 aliphatic rings. The van der Waals surface area contributed by atoms with E-state index in [0.717, 1.165) is 49.1 Å². The molecule has 1 fully saturated rings. The van der Waals surface area contributed by atoms with Gasteiger partial charge in [0.05, 0.1) is 11.0 Å². The SMILES string of the molecule is Cc1nnc(C2CCCCCN2C(=O)CCc2nc3ccccc3[nH]2)o1. The number of nitrogens with zero attached hydrogens (tertiary/aromatic N) is 4. The quantitative estimate of drug-likeness (QED) is 0.777. The van der Waals surface area contributed by atoms with E-state index in [4.69, 9.17) is 4.42 Å². The molecule has 0 saturated carbocycles. The minimum Gasteiger partial charge on any atom is -0.423 e. The summed E-state index contributed by atoms with van der Waals surface area (Å²) in [5.41, 5.74) is 1.94. The van der Waals surface area contributed by atoms with Crippen LogP contribution >= 0.6 is 0 Å². The summed E-state index contributed by atoms with van der Waals surface area (Å²) in [4.78, 5) is 22.7. The van der Waals surface area contributed by atoms with Gasteiger partial charge in [0, 0.05) is 26.3 Å². The van der Waals surface area contributed by atoms with Crippen molar-refractivity contribution < 1.29 is 9.21 Å². The molecule has 1 atom stereocenters. The number of benzene rings is 1. The highest BCUT2D eigenvalue weighted by Gasteiger charge is 2.30. The van der Waals surface area contributed by atoms with Gasteiger partial charge in [0.1, 0.15) is 11.9 Å². The van der Waals surface area contributed by atoms with Crippen LogP contribution in [0.5, 0.6) is 0 Å². The van der Waals surface area contributed by atoms with Crippen molar-refractivity contribution in [3.63, 3.8) is 0 Å². The van der Waals surface area contributed by atoms with E-state index in [0.29, 0.717) is 24.6 Å². The molecule has 136 valence electrons. The lowest BCUT2D eigenvalue weighted by Gasteiger charge is -2.27. The minimum atomic E-state index is -0.109. The van der Waals surface area contributed by atoms with Gasteiger partial charge in [-0.3, -0.25) is 4.79 Å². The number of aromatic amines is 1. The molecule has 26 heavy (non-hydrogen) atoms. The zero-order chi connectivity index (χ0) is 17.9. The predicted octanol–water partition coefficient (Wildman–Crippen LogP) is 3.33. The van der Waals surface area contributed by atoms with Gasteiger partial charge in [0.15, 0.2) is 0 Å². The summed E-state index contributed by atoms with van der Waals surface area (Å²) in [6.07, 6.45) is 5.09. The standard InChI is InChI=1S/C19H23N5O2/c1-13-22-23-19(26-13)16-9-3-2-6-12-24(16)18(25)11-10-17-20-14-7-4-5-8-15(14)21-17/h4-5,7-8,16H,2-3,6,9-12H2,1H3,(H,20,21). The molecule has 1 aliphatic heterocycles. The molecule has 4 rings (SSSR count). The van der Waals surface area contributed by atoms with Crippen LogP contribution < -0.4 is 0 Å². The van der Waals surface area contributed by atoms with Gasteiger partial charge in [-0.1, -0.05) is 25.0 Å². The number of amides is 1. The lowest BCUT2D eigenvalue weighted by molar-refractivity contribution is -0.134. The van der Waals surface area contributed by atoms with Crippen molar-refractivity contribution in [3.05, 3.63) is 41.9 Å². The third-order valence-electron chi connectivity index (χ3n) is 4.91. The van der Waals surface area contributed by atoms with Gasteiger partial charge < -0.3 is 14.3 Å². The number of hydrogen-bond acceptors (Lipinski definition) is 5. The molecule has 1 N–H and O–H groups in total. The maximum absolute atomic E-state index is 12.9. The normalized spacial score (nSPS) is 18.2. The number of rotatable bonds is 4. The van der Waals surface area contributed by atoms with Gasteiger partial charge >= 0.3 is 0 Å². The summed E-state index contributed by atoms with van der Waals surface area (Å²) < 4.78 is 5.63. The molecule has 0 radical (unpaired) electrons. The molecule has 3 heterocycles. The largest absolute Gasteiger partial charge is 0.423 e. The molecule has 1 unspecified atom stereocenters. The number of nitrogens with one attached hydrogen (secondary N) is 1. The Bertz CT molecular complexity index is 867. The summed E-state index contributed by atoms with van der Waals surface area (Å²) in [6, 6.07) is 7.80. The Morgan fingerprint density at radius 2 is 2.15 bits per heavy atom. The number of likely N-dealkylation sites (tertiary alicyclic amines) is 1. The predicted molar refractivity (Wildman–Crippen MR) is 96.4 cm³/mol. The third-order valence-corrected chi connectivity index (χ3v) is 4.91. The van der Waals surface area contributed by atoms with Gasteiger partial charge in [-0.05, 0) is 25.0 Å². The van der Waals surface area contributed by atoms with Crippen molar-refractivity contribution in [3.8, 4) is 0 Å². The fourth-order valence-corrected chi connectivity index (χ4v) is 3.60. The van der Waals surface area contributed by atoms with E-state index in [2.05, 4.69) is 20.2 Å². The summed E-state index contributed by atoms with van der Waals surface area (Å²) >= 11 is 0. The maximum Gasteiger partial charge on any atom is 0.238 e. The van der Waals surface area contributed by atoms with Crippen LogP contribution in [-0.4, -0.2) is 37.5 Å². The zero-order valence-corrected chi connectivity index (χ0v) is 14.9. The van der Waals surface area contributed by atoms with E-state index in [-0.39, 0.29) is 11.9 Å². The minimum absolute atomic E-state index is 0.109. The highest BCUT2D eigenvalue weighted by molar-refractivity contribution is 5.77. The first-order chi connectivity index (χ1) is 12.7. The van der Waals surface area contributed by atoms with E-state index in [9.17, 15) is 4.79 Å². The summed E-state index contributed by atoms with van der Waals surface area (Å²) in [6.45, 7) is 2.52. The van der Waals surface area contributed by atoms with E-state index in [1.165, 1.54) is 0 Å². The monoisotopic (exact) mass is 353 g/mol. The van der Waals surface area contributed by atoms with Crippen LogP contribution in [0.2, 0.25) is 0 Å². The van der Waals surface area contributed by atoms with Crippen LogP contribution in [0, 0.1) is 6.92 Å². The molecule has 7 heteroatoms. The Balaban J connectivity index is 1.47. The van der Waals surface area contributed by atoms with Crippen molar-refractivity contribution in [1.29, 1.82) is 0 Å². The van der Waals surface area contributed by atoms with Crippen LogP contribution in [0.4, 0.5) is 0 Å². The van der Waals surface area contributed by atoms with E-state index in [1.54, 1.807) is 6.92 Å². The molecule has 1 amide bonds. The first kappa shape index (κ1) is 16.8. The average molecular weight is 353 g/mol. The Hall–Kier alpha value is -2.70. The van der Waals surface area contributed by atoms with Crippen LogP contribution in [0.15, 0.2) is 28.7 Å². The average Bonchev–Trinajstić information content (AvgIpc) is 3.18. The zero-order valence-electron chi connectivity index (χ0n) is 14.9. The van der Waals surface area contributed by atoms with Crippen LogP contribution in [0.25, 0.3) is 11.0 Å². The molecular weight excluding hydrogens is 330 g/mol. The second kappa shape index (κ2) is 7.27. The second-order valence-corrected chi connectivity index (χ2v) is 6.81. The van der Waals surface area contributed by atoms with Gasteiger partial charge in [-0.15, -0.1) is 10.2 Å². The number of carbonyl (C=O) groups is 1. The first-order valence-electron chi connectivity index (χ1n) is 9.24. The summed E-state index contributed by atoms with van der Waals surface area (Å²) in [5.74, 6) is 2.06. The Labute approximate surface area is 151 Å². The molecule has 2 aromatic heterocycles. The van der Waals surface area contributed by atoms with Crippen molar-refractivity contribution in [1.82, 2.24) is 25.1 Å². The van der Waals surface area contributed by atoms with Gasteiger partial charge in [-0.25, -0.2) is 4.98 Å². The fourth-order valence-electron chi connectivity index (χ4n) is 3.60. The molecule has 0 aliphatic carbocycles. The number of H-pyrrole nitrogens is 1. The van der Waals surface area contributed by atoms with Gasteiger partial charge in [0.2, 0.25) is 17.7 Å². The molecule has 0 spiro atoms. The Kier molecular flexibility index (Phi) is 4.69. The van der Waals surface area contributed by atoms with E-state index in [1.807, 2.05) is 29.2 Å². The number of carbonyl (C=O) groups excluding carboxylic acids is 1. The summed E-state index contributed by atoms with van der Waals surface area (Å²) in [5, 5.41) is 8.10. The van der Waals surface area contributed by atoms with Gasteiger partial charge in [0.25, 0.3) is 0 Å². The van der Waals surface area contributed by atoms with Crippen LogP contribution in [-0.2, 0) is 11.2 Å². The number of fused-ring (bicyclic) bond motifs is 1. The van der Waals surface area contributed by atoms with Crippen molar-refractivity contribution in [2.24, 2.45) is 0 Å². The second-order valence-electron chi connectivity index (χ2n) is 6.81. The molecular formula is C19H23N5O2.